The molecule has 1 atom stereocenters. The summed E-state index contributed by atoms with van der Waals surface area (Å²) in [5, 5.41) is 3.81. The van der Waals surface area contributed by atoms with Gasteiger partial charge in [0, 0.05) is 19.8 Å². The van der Waals surface area contributed by atoms with Crippen molar-refractivity contribution in [2.75, 3.05) is 11.9 Å². The van der Waals surface area contributed by atoms with Crippen LogP contribution in [-0.2, 0) is 7.05 Å². The van der Waals surface area contributed by atoms with Crippen molar-refractivity contribution in [1.29, 1.82) is 0 Å². The average molecular weight is 382 g/mol. The molecular weight excluding hydrogens is 360 g/mol. The van der Waals surface area contributed by atoms with Gasteiger partial charge in [-0.05, 0) is 49.9 Å². The number of rotatable bonds is 2. The van der Waals surface area contributed by atoms with Gasteiger partial charge in [-0.25, -0.2) is 9.78 Å². The van der Waals surface area contributed by atoms with E-state index in [9.17, 15) is 9.59 Å². The molecule has 6 nitrogen and oxygen atoms in total. The van der Waals surface area contributed by atoms with Gasteiger partial charge in [0.15, 0.2) is 0 Å². The number of nitrogens with zero attached hydrogens (tertiary/aromatic N) is 3. The summed E-state index contributed by atoms with van der Waals surface area (Å²) in [6, 6.07) is 9.59. The van der Waals surface area contributed by atoms with Gasteiger partial charge in [0.05, 0.1) is 16.3 Å². The molecule has 0 saturated carbocycles. The molecular formula is C20H22N4O2S. The highest BCUT2D eigenvalue weighted by Gasteiger charge is 2.31. The zero-order valence-corrected chi connectivity index (χ0v) is 16.3. The zero-order valence-electron chi connectivity index (χ0n) is 15.4. The first-order valence-electron chi connectivity index (χ1n) is 9.14. The minimum atomic E-state index is -0.231. The van der Waals surface area contributed by atoms with Crippen LogP contribution in [0.5, 0.6) is 0 Å². The van der Waals surface area contributed by atoms with Crippen LogP contribution >= 0.6 is 11.3 Å². The lowest BCUT2D eigenvalue weighted by Crippen LogP contribution is -2.42. The number of carbonyl (C=O) groups excluding carboxylic acids is 1. The first-order chi connectivity index (χ1) is 13.0. The van der Waals surface area contributed by atoms with E-state index in [1.54, 1.807) is 24.6 Å². The SMILES string of the molecule is Cc1ccn(C)c(=O)c1NC(=O)N1CCCCC1c1nc2ccccc2s1. The number of aromatic nitrogens is 2. The maximum absolute atomic E-state index is 13.0. The predicted molar refractivity (Wildman–Crippen MR) is 108 cm³/mol. The van der Waals surface area contributed by atoms with Crippen molar-refractivity contribution in [2.24, 2.45) is 7.05 Å². The highest BCUT2D eigenvalue weighted by Crippen LogP contribution is 2.35. The van der Waals surface area contributed by atoms with Crippen LogP contribution < -0.4 is 10.9 Å². The summed E-state index contributed by atoms with van der Waals surface area (Å²) < 4.78 is 2.61. The topological polar surface area (TPSA) is 67.2 Å². The molecule has 1 N–H and O–H groups in total. The van der Waals surface area contributed by atoms with Crippen molar-refractivity contribution in [3.05, 3.63) is 57.5 Å². The summed E-state index contributed by atoms with van der Waals surface area (Å²) in [7, 11) is 1.68. The third kappa shape index (κ3) is 3.35. The zero-order chi connectivity index (χ0) is 19.0. The number of benzene rings is 1. The fourth-order valence-corrected chi connectivity index (χ4v) is 4.63. The molecule has 0 spiro atoms. The molecule has 2 amide bonds. The van der Waals surface area contributed by atoms with E-state index >= 15 is 0 Å². The van der Waals surface area contributed by atoms with E-state index in [2.05, 4.69) is 11.4 Å². The monoisotopic (exact) mass is 382 g/mol. The van der Waals surface area contributed by atoms with Crippen LogP contribution in [0.2, 0.25) is 0 Å². The van der Waals surface area contributed by atoms with Gasteiger partial charge in [-0.15, -0.1) is 11.3 Å². The average Bonchev–Trinajstić information content (AvgIpc) is 3.12. The molecule has 1 aliphatic heterocycles. The molecule has 3 heterocycles. The van der Waals surface area contributed by atoms with Crippen LogP contribution in [0.1, 0.15) is 35.9 Å². The van der Waals surface area contributed by atoms with E-state index in [4.69, 9.17) is 4.98 Å². The highest BCUT2D eigenvalue weighted by molar-refractivity contribution is 7.18. The van der Waals surface area contributed by atoms with Crippen LogP contribution in [0.25, 0.3) is 10.2 Å². The Morgan fingerprint density at radius 1 is 1.26 bits per heavy atom. The van der Waals surface area contributed by atoms with Gasteiger partial charge in [-0.3, -0.25) is 4.79 Å². The third-order valence-corrected chi connectivity index (χ3v) is 6.21. The molecule has 7 heteroatoms. The number of piperidine rings is 1. The second-order valence-corrected chi connectivity index (χ2v) is 8.01. The third-order valence-electron chi connectivity index (χ3n) is 5.07. The van der Waals surface area contributed by atoms with E-state index < -0.39 is 0 Å². The number of pyridine rings is 1. The molecule has 0 bridgehead atoms. The smallest absolute Gasteiger partial charge is 0.317 e. The number of aryl methyl sites for hydroxylation is 2. The van der Waals surface area contributed by atoms with Gasteiger partial charge in [-0.2, -0.15) is 0 Å². The molecule has 1 fully saturated rings. The van der Waals surface area contributed by atoms with Crippen LogP contribution in [0, 0.1) is 6.92 Å². The molecule has 1 saturated heterocycles. The Morgan fingerprint density at radius 2 is 2.07 bits per heavy atom. The van der Waals surface area contributed by atoms with Crippen molar-refractivity contribution < 1.29 is 4.79 Å². The van der Waals surface area contributed by atoms with Gasteiger partial charge in [0.25, 0.3) is 5.56 Å². The van der Waals surface area contributed by atoms with Crippen LogP contribution in [0.4, 0.5) is 10.5 Å². The van der Waals surface area contributed by atoms with Crippen molar-refractivity contribution in [1.82, 2.24) is 14.5 Å². The van der Waals surface area contributed by atoms with Gasteiger partial charge < -0.3 is 14.8 Å². The number of urea groups is 1. The van der Waals surface area contributed by atoms with Gasteiger partial charge in [0.1, 0.15) is 10.7 Å². The maximum Gasteiger partial charge on any atom is 0.322 e. The number of carbonyl (C=O) groups is 1. The van der Waals surface area contributed by atoms with E-state index in [1.165, 1.54) is 4.57 Å². The Bertz CT molecular complexity index is 1020. The molecule has 1 aliphatic rings. The molecule has 0 radical (unpaired) electrons. The Labute approximate surface area is 161 Å². The number of likely N-dealkylation sites (tertiary alicyclic amines) is 1. The lowest BCUT2D eigenvalue weighted by atomic mass is 10.0. The first-order valence-corrected chi connectivity index (χ1v) is 9.95. The number of hydrogen-bond acceptors (Lipinski definition) is 4. The molecule has 3 aromatic rings. The first kappa shape index (κ1) is 17.7. The fraction of sp³-hybridized carbons (Fsp3) is 0.350. The molecule has 140 valence electrons. The minimum Gasteiger partial charge on any atom is -0.317 e. The molecule has 27 heavy (non-hydrogen) atoms. The Morgan fingerprint density at radius 3 is 2.89 bits per heavy atom. The predicted octanol–water partition coefficient (Wildman–Crippen LogP) is 4.06. The highest BCUT2D eigenvalue weighted by atomic mass is 32.1. The molecule has 1 aromatic carbocycles. The lowest BCUT2D eigenvalue weighted by Gasteiger charge is -2.34. The van der Waals surface area contributed by atoms with E-state index in [0.29, 0.717) is 12.2 Å². The summed E-state index contributed by atoms with van der Waals surface area (Å²) in [5.74, 6) is 0. The number of nitrogens with one attached hydrogen (secondary N) is 1. The fourth-order valence-electron chi connectivity index (χ4n) is 3.51. The summed E-state index contributed by atoms with van der Waals surface area (Å²) in [6.07, 6.45) is 4.62. The minimum absolute atomic E-state index is 0.0518. The Balaban J connectivity index is 1.63. The summed E-state index contributed by atoms with van der Waals surface area (Å²) in [4.78, 5) is 32.0. The number of amides is 2. The van der Waals surface area contributed by atoms with Crippen LogP contribution in [0.15, 0.2) is 41.3 Å². The molecule has 1 unspecified atom stereocenters. The second kappa shape index (κ2) is 7.15. The van der Waals surface area contributed by atoms with Gasteiger partial charge >= 0.3 is 6.03 Å². The number of hydrogen-bond donors (Lipinski definition) is 1. The number of fused-ring (bicyclic) bond motifs is 1. The quantitative estimate of drug-likeness (QED) is 0.727. The number of thiazole rings is 1. The lowest BCUT2D eigenvalue weighted by molar-refractivity contribution is 0.163. The largest absolute Gasteiger partial charge is 0.322 e. The number of para-hydroxylation sites is 1. The van der Waals surface area contributed by atoms with E-state index in [-0.39, 0.29) is 17.6 Å². The van der Waals surface area contributed by atoms with E-state index in [0.717, 1.165) is 40.1 Å². The summed E-state index contributed by atoms with van der Waals surface area (Å²) in [5.41, 5.74) is 1.88. The van der Waals surface area contributed by atoms with Gasteiger partial charge in [0.2, 0.25) is 0 Å². The number of anilines is 1. The maximum atomic E-state index is 13.0. The Kier molecular flexibility index (Phi) is 4.70. The molecule has 0 aliphatic carbocycles. The summed E-state index contributed by atoms with van der Waals surface area (Å²) in [6.45, 7) is 2.50. The van der Waals surface area contributed by atoms with Crippen LogP contribution in [0.3, 0.4) is 0 Å². The van der Waals surface area contributed by atoms with Gasteiger partial charge in [-0.1, -0.05) is 12.1 Å². The van der Waals surface area contributed by atoms with Crippen molar-refractivity contribution in [3.63, 3.8) is 0 Å². The summed E-state index contributed by atoms with van der Waals surface area (Å²) >= 11 is 1.64. The second-order valence-electron chi connectivity index (χ2n) is 6.94. The van der Waals surface area contributed by atoms with Crippen LogP contribution in [-0.4, -0.2) is 27.0 Å². The normalized spacial score (nSPS) is 17.3. The molecule has 2 aromatic heterocycles. The molecule has 4 rings (SSSR count). The van der Waals surface area contributed by atoms with Crippen molar-refractivity contribution in [3.8, 4) is 0 Å². The van der Waals surface area contributed by atoms with Crippen molar-refractivity contribution in [2.45, 2.75) is 32.2 Å². The van der Waals surface area contributed by atoms with E-state index in [1.807, 2.05) is 36.1 Å². The Hall–Kier alpha value is -2.67. The standard InChI is InChI=1S/C20H22N4O2S/c1-13-10-12-23(2)19(25)17(13)22-20(26)24-11-6-5-8-15(24)18-21-14-7-3-4-9-16(14)27-18/h3-4,7,9-10,12,15H,5-6,8,11H2,1-2H3,(H,22,26). The van der Waals surface area contributed by atoms with Crippen molar-refractivity contribution >= 4 is 33.3 Å².